The fourth-order valence-electron chi connectivity index (χ4n) is 5.53. The monoisotopic (exact) mass is 542 g/mol. The van der Waals surface area contributed by atoms with Gasteiger partial charge in [0.1, 0.15) is 17.5 Å². The van der Waals surface area contributed by atoms with Crippen LogP contribution in [0.5, 0.6) is 0 Å². The standard InChI is InChI=1S/C31H35FN6O2/c1-21-18-37(30(39)40-31(2,3)4)14-15-38(21)29-24-11-13-36(19-22-8-6-5-7-9-22)20-26(24)25(17-33)28(35-29)23-10-12-34-27(32)16-23/h5-10,12,16,21H,11,13-15,18-20H2,1-4H3/t21-/m0/s1. The summed E-state index contributed by atoms with van der Waals surface area (Å²) in [5.41, 5.74) is 4.09. The number of carbonyl (C=O) groups excluding carboxylic acids is 1. The molecule has 0 spiro atoms. The van der Waals surface area contributed by atoms with Gasteiger partial charge in [-0.15, -0.1) is 0 Å². The minimum Gasteiger partial charge on any atom is -0.444 e. The van der Waals surface area contributed by atoms with Gasteiger partial charge in [-0.05, 0) is 51.3 Å². The second-order valence-corrected chi connectivity index (χ2v) is 11.5. The Morgan fingerprint density at radius 3 is 2.60 bits per heavy atom. The first-order chi connectivity index (χ1) is 19.1. The third-order valence-electron chi connectivity index (χ3n) is 7.36. The first-order valence-corrected chi connectivity index (χ1v) is 13.7. The summed E-state index contributed by atoms with van der Waals surface area (Å²) < 4.78 is 19.8. The van der Waals surface area contributed by atoms with E-state index in [0.29, 0.717) is 43.0 Å². The molecule has 4 heterocycles. The zero-order chi connectivity index (χ0) is 28.4. The van der Waals surface area contributed by atoms with Gasteiger partial charge in [-0.1, -0.05) is 30.3 Å². The minimum absolute atomic E-state index is 0.0322. The van der Waals surface area contributed by atoms with Crippen molar-refractivity contribution in [2.24, 2.45) is 0 Å². The van der Waals surface area contributed by atoms with Crippen molar-refractivity contribution in [1.82, 2.24) is 19.8 Å². The van der Waals surface area contributed by atoms with Crippen molar-refractivity contribution in [3.8, 4) is 17.3 Å². The molecule has 1 aromatic carbocycles. The van der Waals surface area contributed by atoms with E-state index in [1.54, 1.807) is 11.0 Å². The fourth-order valence-corrected chi connectivity index (χ4v) is 5.53. The lowest BCUT2D eigenvalue weighted by Crippen LogP contribution is -2.55. The molecular formula is C31H35FN6O2. The van der Waals surface area contributed by atoms with Crippen molar-refractivity contribution in [2.45, 2.75) is 58.8 Å². The van der Waals surface area contributed by atoms with E-state index in [1.165, 1.54) is 17.8 Å². The van der Waals surface area contributed by atoms with Gasteiger partial charge in [0.05, 0.1) is 11.3 Å². The molecule has 2 aromatic heterocycles. The SMILES string of the molecule is C[C@H]1CN(C(=O)OC(C)(C)C)CCN1c1nc(-c2ccnc(F)c2)c(C#N)c2c1CCN(Cc1ccccc1)C2. The smallest absolute Gasteiger partial charge is 0.410 e. The van der Waals surface area contributed by atoms with Gasteiger partial charge in [0.25, 0.3) is 0 Å². The number of rotatable bonds is 4. The maximum atomic E-state index is 14.2. The average Bonchev–Trinajstić information content (AvgIpc) is 2.92. The third-order valence-corrected chi connectivity index (χ3v) is 7.36. The fraction of sp³-hybridized carbons (Fsp3) is 0.419. The number of anilines is 1. The Balaban J connectivity index is 1.52. The van der Waals surface area contributed by atoms with Crippen LogP contribution in [0.2, 0.25) is 0 Å². The molecule has 0 unspecified atom stereocenters. The first-order valence-electron chi connectivity index (χ1n) is 13.7. The highest BCUT2D eigenvalue weighted by molar-refractivity contribution is 5.74. The number of carbonyl (C=O) groups is 1. The van der Waals surface area contributed by atoms with Crippen molar-refractivity contribution >= 4 is 11.9 Å². The first kappa shape index (κ1) is 27.5. The number of aromatic nitrogens is 2. The number of benzene rings is 1. The van der Waals surface area contributed by atoms with Crippen molar-refractivity contribution in [2.75, 3.05) is 31.1 Å². The third kappa shape index (κ3) is 5.92. The van der Waals surface area contributed by atoms with Gasteiger partial charge in [0.15, 0.2) is 0 Å². The van der Waals surface area contributed by atoms with E-state index in [9.17, 15) is 14.4 Å². The highest BCUT2D eigenvalue weighted by Crippen LogP contribution is 2.37. The van der Waals surface area contributed by atoms with Crippen molar-refractivity contribution in [3.63, 3.8) is 0 Å². The van der Waals surface area contributed by atoms with Gasteiger partial charge in [-0.2, -0.15) is 9.65 Å². The van der Waals surface area contributed by atoms with Crippen LogP contribution in [-0.4, -0.2) is 63.7 Å². The molecule has 0 radical (unpaired) electrons. The lowest BCUT2D eigenvalue weighted by Gasteiger charge is -2.42. The van der Waals surface area contributed by atoms with Crippen LogP contribution < -0.4 is 4.90 Å². The zero-order valence-electron chi connectivity index (χ0n) is 23.5. The summed E-state index contributed by atoms with van der Waals surface area (Å²) >= 11 is 0. The highest BCUT2D eigenvalue weighted by Gasteiger charge is 2.34. The molecule has 208 valence electrons. The van der Waals surface area contributed by atoms with Crippen molar-refractivity contribution in [3.05, 3.63) is 76.9 Å². The van der Waals surface area contributed by atoms with Gasteiger partial charge >= 0.3 is 6.09 Å². The van der Waals surface area contributed by atoms with E-state index in [4.69, 9.17) is 9.72 Å². The van der Waals surface area contributed by atoms with Crippen LogP contribution in [0.3, 0.4) is 0 Å². The predicted octanol–water partition coefficient (Wildman–Crippen LogP) is 5.16. The van der Waals surface area contributed by atoms with E-state index in [2.05, 4.69) is 39.9 Å². The van der Waals surface area contributed by atoms with Crippen LogP contribution in [0.25, 0.3) is 11.3 Å². The normalized spacial score (nSPS) is 17.8. The topological polar surface area (TPSA) is 85.6 Å². The maximum Gasteiger partial charge on any atom is 0.410 e. The summed E-state index contributed by atoms with van der Waals surface area (Å²) in [6, 6.07) is 15.7. The number of amides is 1. The summed E-state index contributed by atoms with van der Waals surface area (Å²) in [7, 11) is 0. The van der Waals surface area contributed by atoms with Crippen LogP contribution in [-0.2, 0) is 24.2 Å². The molecule has 0 bridgehead atoms. The number of nitriles is 1. The summed E-state index contributed by atoms with van der Waals surface area (Å²) in [5.74, 6) is 0.185. The molecule has 3 aromatic rings. The molecule has 0 N–H and O–H groups in total. The summed E-state index contributed by atoms with van der Waals surface area (Å²) in [6.07, 6.45) is 1.82. The Kier molecular flexibility index (Phi) is 7.72. The Labute approximate surface area is 235 Å². The van der Waals surface area contributed by atoms with Crippen molar-refractivity contribution < 1.29 is 13.9 Å². The van der Waals surface area contributed by atoms with Crippen LogP contribution in [0.1, 0.15) is 49.9 Å². The molecule has 9 heteroatoms. The number of ether oxygens (including phenoxy) is 1. The van der Waals surface area contributed by atoms with Gasteiger partial charge in [-0.3, -0.25) is 4.90 Å². The second kappa shape index (κ2) is 11.2. The Hall–Kier alpha value is -4.03. The van der Waals surface area contributed by atoms with Gasteiger partial charge < -0.3 is 14.5 Å². The van der Waals surface area contributed by atoms with Gasteiger partial charge in [0, 0.05) is 68.7 Å². The number of pyridine rings is 2. The Morgan fingerprint density at radius 2 is 1.93 bits per heavy atom. The molecule has 0 aliphatic carbocycles. The Bertz CT molecular complexity index is 1430. The van der Waals surface area contributed by atoms with Gasteiger partial charge in [-0.25, -0.2) is 14.8 Å². The van der Waals surface area contributed by atoms with Crippen LogP contribution in [0, 0.1) is 17.3 Å². The second-order valence-electron chi connectivity index (χ2n) is 11.5. The van der Waals surface area contributed by atoms with E-state index in [-0.39, 0.29) is 12.1 Å². The van der Waals surface area contributed by atoms with E-state index < -0.39 is 11.5 Å². The van der Waals surface area contributed by atoms with Crippen molar-refractivity contribution in [1.29, 1.82) is 5.26 Å². The molecule has 2 aliphatic heterocycles. The minimum atomic E-state index is -0.618. The number of piperazine rings is 1. The van der Waals surface area contributed by atoms with Crippen LogP contribution >= 0.6 is 0 Å². The number of hydrogen-bond acceptors (Lipinski definition) is 7. The molecule has 40 heavy (non-hydrogen) atoms. The summed E-state index contributed by atoms with van der Waals surface area (Å²) in [4.78, 5) is 27.8. The largest absolute Gasteiger partial charge is 0.444 e. The molecule has 1 fully saturated rings. The van der Waals surface area contributed by atoms with Crippen LogP contribution in [0.15, 0.2) is 48.7 Å². The summed E-state index contributed by atoms with van der Waals surface area (Å²) in [5, 5.41) is 10.3. The zero-order valence-corrected chi connectivity index (χ0v) is 23.5. The molecule has 1 amide bonds. The maximum absolute atomic E-state index is 14.2. The lowest BCUT2D eigenvalue weighted by molar-refractivity contribution is 0.0218. The quantitative estimate of drug-likeness (QED) is 0.421. The summed E-state index contributed by atoms with van der Waals surface area (Å²) in [6.45, 7) is 11.4. The van der Waals surface area contributed by atoms with Crippen LogP contribution in [0.4, 0.5) is 15.0 Å². The Morgan fingerprint density at radius 1 is 1.15 bits per heavy atom. The number of hydrogen-bond donors (Lipinski definition) is 0. The molecule has 5 rings (SSSR count). The van der Waals surface area contributed by atoms with E-state index in [1.807, 2.05) is 39.0 Å². The highest BCUT2D eigenvalue weighted by atomic mass is 19.1. The molecule has 1 atom stereocenters. The number of fused-ring (bicyclic) bond motifs is 1. The molecule has 0 saturated carbocycles. The number of nitrogens with zero attached hydrogens (tertiary/aromatic N) is 6. The van der Waals surface area contributed by atoms with E-state index >= 15 is 0 Å². The van der Waals surface area contributed by atoms with E-state index in [0.717, 1.165) is 36.5 Å². The molecule has 2 aliphatic rings. The lowest BCUT2D eigenvalue weighted by atomic mass is 9.91. The molecule has 8 nitrogen and oxygen atoms in total. The predicted molar refractivity (Wildman–Crippen MR) is 151 cm³/mol. The molecule has 1 saturated heterocycles. The number of halogens is 1. The average molecular weight is 543 g/mol. The van der Waals surface area contributed by atoms with Gasteiger partial charge in [0.2, 0.25) is 5.95 Å². The molecular weight excluding hydrogens is 507 g/mol.